The fraction of sp³-hybridized carbons (Fsp3) is 0.350. The summed E-state index contributed by atoms with van der Waals surface area (Å²) in [7, 11) is 0. The molecule has 27 heavy (non-hydrogen) atoms. The molecule has 1 aliphatic heterocycles. The molecule has 142 valence electrons. The summed E-state index contributed by atoms with van der Waals surface area (Å²) >= 11 is 1.61. The number of aliphatic hydroxyl groups is 1. The number of thiazole rings is 1. The molecule has 2 atom stereocenters. The van der Waals surface area contributed by atoms with Crippen LogP contribution in [0.5, 0.6) is 0 Å². The van der Waals surface area contributed by atoms with Crippen molar-refractivity contribution in [2.24, 2.45) is 0 Å². The van der Waals surface area contributed by atoms with Gasteiger partial charge in [0, 0.05) is 6.54 Å². The van der Waals surface area contributed by atoms with E-state index in [2.05, 4.69) is 4.90 Å². The number of alkyl halides is 3. The molecule has 2 heterocycles. The van der Waals surface area contributed by atoms with Gasteiger partial charge in [-0.25, -0.2) is 4.98 Å². The molecule has 0 unspecified atom stereocenters. The van der Waals surface area contributed by atoms with Gasteiger partial charge in [0.25, 0.3) is 0 Å². The molecule has 4 rings (SSSR count). The minimum Gasteiger partial charge on any atom is -0.387 e. The van der Waals surface area contributed by atoms with Crippen LogP contribution in [-0.4, -0.2) is 28.1 Å². The van der Waals surface area contributed by atoms with E-state index in [1.165, 1.54) is 18.2 Å². The molecule has 1 aliphatic rings. The van der Waals surface area contributed by atoms with Gasteiger partial charge in [-0.05, 0) is 43.1 Å². The van der Waals surface area contributed by atoms with Crippen molar-refractivity contribution in [1.29, 1.82) is 0 Å². The van der Waals surface area contributed by atoms with Gasteiger partial charge in [-0.2, -0.15) is 13.2 Å². The van der Waals surface area contributed by atoms with Gasteiger partial charge in [0.15, 0.2) is 0 Å². The van der Waals surface area contributed by atoms with Crippen LogP contribution in [0.25, 0.3) is 10.2 Å². The molecular formula is C20H19F3N2OS. The number of nitrogens with zero attached hydrogens (tertiary/aromatic N) is 2. The van der Waals surface area contributed by atoms with Crippen LogP contribution in [0.3, 0.4) is 0 Å². The number of rotatable bonds is 4. The summed E-state index contributed by atoms with van der Waals surface area (Å²) in [6.45, 7) is 0.902. The Hall–Kier alpha value is -1.96. The Bertz CT molecular complexity index is 907. The normalized spacial score (nSPS) is 19.6. The number of likely N-dealkylation sites (tertiary alicyclic amines) is 1. The number of β-amino-alcohol motifs (C(OH)–C–C–N with tert-alkyl or cyclic N) is 1. The van der Waals surface area contributed by atoms with Crippen LogP contribution in [0.15, 0.2) is 48.5 Å². The summed E-state index contributed by atoms with van der Waals surface area (Å²) in [5, 5.41) is 11.5. The maximum absolute atomic E-state index is 13.2. The van der Waals surface area contributed by atoms with Crippen molar-refractivity contribution >= 4 is 21.6 Å². The van der Waals surface area contributed by atoms with E-state index < -0.39 is 17.8 Å². The zero-order valence-corrected chi connectivity index (χ0v) is 15.3. The number of halogens is 3. The molecule has 1 fully saturated rings. The van der Waals surface area contributed by atoms with E-state index in [0.717, 1.165) is 40.7 Å². The number of hydrogen-bond donors (Lipinski definition) is 1. The summed E-state index contributed by atoms with van der Waals surface area (Å²) in [4.78, 5) is 6.75. The Balaban J connectivity index is 1.57. The summed E-state index contributed by atoms with van der Waals surface area (Å²) in [6, 6.07) is 13.2. The van der Waals surface area contributed by atoms with Crippen LogP contribution in [0.1, 0.15) is 41.1 Å². The van der Waals surface area contributed by atoms with Crippen LogP contribution >= 0.6 is 11.3 Å². The molecule has 2 aromatic carbocycles. The molecule has 1 aromatic heterocycles. The monoisotopic (exact) mass is 392 g/mol. The maximum atomic E-state index is 13.2. The second-order valence-corrected chi connectivity index (χ2v) is 7.84. The third kappa shape index (κ3) is 3.72. The zero-order valence-electron chi connectivity index (χ0n) is 14.5. The molecule has 0 amide bonds. The van der Waals surface area contributed by atoms with E-state index in [4.69, 9.17) is 4.98 Å². The predicted octanol–water partition coefficient (Wildman–Crippen LogP) is 5.19. The van der Waals surface area contributed by atoms with Crippen LogP contribution in [0.4, 0.5) is 13.2 Å². The Morgan fingerprint density at radius 1 is 1.15 bits per heavy atom. The SMILES string of the molecule is O[C@@H](CN1CCC[C@@H]1c1nc2ccccc2s1)c1ccccc1C(F)(F)F. The first-order valence-electron chi connectivity index (χ1n) is 8.87. The van der Waals surface area contributed by atoms with Gasteiger partial charge < -0.3 is 5.11 Å². The van der Waals surface area contributed by atoms with Gasteiger partial charge >= 0.3 is 6.18 Å². The van der Waals surface area contributed by atoms with Gasteiger partial charge in [-0.1, -0.05) is 30.3 Å². The van der Waals surface area contributed by atoms with Gasteiger partial charge in [0.05, 0.1) is 27.9 Å². The van der Waals surface area contributed by atoms with E-state index >= 15 is 0 Å². The molecule has 0 aliphatic carbocycles. The first-order valence-corrected chi connectivity index (χ1v) is 9.69. The molecule has 0 spiro atoms. The standard InChI is InChI=1S/C20H19F3N2OS/c21-20(22,23)14-7-2-1-6-13(14)17(26)12-25-11-5-9-16(25)19-24-15-8-3-4-10-18(15)27-19/h1-4,6-8,10,16-17,26H,5,9,11-12H2/t16-,17+/m1/s1. The molecule has 1 N–H and O–H groups in total. The van der Waals surface area contributed by atoms with Gasteiger partial charge in [-0.15, -0.1) is 11.3 Å². The minimum atomic E-state index is -4.48. The topological polar surface area (TPSA) is 36.4 Å². The second-order valence-electron chi connectivity index (χ2n) is 6.77. The molecule has 0 radical (unpaired) electrons. The smallest absolute Gasteiger partial charge is 0.387 e. The molecule has 0 saturated carbocycles. The average molecular weight is 392 g/mol. The van der Waals surface area contributed by atoms with Crippen LogP contribution in [0, 0.1) is 0 Å². The molecule has 3 nitrogen and oxygen atoms in total. The van der Waals surface area contributed by atoms with Crippen molar-refractivity contribution in [3.63, 3.8) is 0 Å². The van der Waals surface area contributed by atoms with Crippen molar-refractivity contribution in [3.8, 4) is 0 Å². The van der Waals surface area contributed by atoms with Crippen molar-refractivity contribution in [2.45, 2.75) is 31.2 Å². The highest BCUT2D eigenvalue weighted by Gasteiger charge is 2.36. The zero-order chi connectivity index (χ0) is 19.0. The van der Waals surface area contributed by atoms with E-state index in [1.807, 2.05) is 24.3 Å². The van der Waals surface area contributed by atoms with Crippen LogP contribution in [0.2, 0.25) is 0 Å². The first-order chi connectivity index (χ1) is 12.9. The number of benzene rings is 2. The summed E-state index contributed by atoms with van der Waals surface area (Å²) in [5.41, 5.74) is 0.0977. The van der Waals surface area contributed by atoms with E-state index in [-0.39, 0.29) is 18.2 Å². The van der Waals surface area contributed by atoms with E-state index in [9.17, 15) is 18.3 Å². The molecular weight excluding hydrogens is 373 g/mol. The second kappa shape index (κ2) is 7.22. The maximum Gasteiger partial charge on any atom is 0.416 e. The molecule has 0 bridgehead atoms. The highest BCUT2D eigenvalue weighted by atomic mass is 32.1. The highest BCUT2D eigenvalue weighted by molar-refractivity contribution is 7.18. The third-order valence-corrected chi connectivity index (χ3v) is 6.13. The minimum absolute atomic E-state index is 0.0371. The lowest BCUT2D eigenvalue weighted by molar-refractivity contribution is -0.139. The van der Waals surface area contributed by atoms with Crippen molar-refractivity contribution in [3.05, 3.63) is 64.7 Å². The van der Waals surface area contributed by atoms with Gasteiger partial charge in [0.2, 0.25) is 0 Å². The number of aromatic nitrogens is 1. The number of hydrogen-bond acceptors (Lipinski definition) is 4. The quantitative estimate of drug-likeness (QED) is 0.664. The fourth-order valence-corrected chi connectivity index (χ4v) is 4.86. The summed E-state index contributed by atoms with van der Waals surface area (Å²) < 4.78 is 40.8. The Morgan fingerprint density at radius 2 is 1.89 bits per heavy atom. The lowest BCUT2D eigenvalue weighted by Gasteiger charge is -2.26. The third-order valence-electron chi connectivity index (χ3n) is 4.99. The molecule has 7 heteroatoms. The largest absolute Gasteiger partial charge is 0.416 e. The van der Waals surface area contributed by atoms with Crippen LogP contribution in [-0.2, 0) is 6.18 Å². The average Bonchev–Trinajstić information content (AvgIpc) is 3.27. The van der Waals surface area contributed by atoms with Crippen molar-refractivity contribution in [2.75, 3.05) is 13.1 Å². The molecule has 1 saturated heterocycles. The Morgan fingerprint density at radius 3 is 2.67 bits per heavy atom. The number of fused-ring (bicyclic) bond motifs is 1. The Labute approximate surface area is 159 Å². The van der Waals surface area contributed by atoms with Gasteiger partial charge in [-0.3, -0.25) is 4.90 Å². The first kappa shape index (κ1) is 18.4. The highest BCUT2D eigenvalue weighted by Crippen LogP contribution is 2.39. The lowest BCUT2D eigenvalue weighted by atomic mass is 10.0. The number of para-hydroxylation sites is 1. The number of aliphatic hydroxyl groups excluding tert-OH is 1. The Kier molecular flexibility index (Phi) is 4.92. The lowest BCUT2D eigenvalue weighted by Crippen LogP contribution is -2.29. The van der Waals surface area contributed by atoms with Gasteiger partial charge in [0.1, 0.15) is 5.01 Å². The summed E-state index contributed by atoms with van der Waals surface area (Å²) in [5.74, 6) is 0. The van der Waals surface area contributed by atoms with Crippen molar-refractivity contribution in [1.82, 2.24) is 9.88 Å². The van der Waals surface area contributed by atoms with Crippen molar-refractivity contribution < 1.29 is 18.3 Å². The predicted molar refractivity (Wildman–Crippen MR) is 99.6 cm³/mol. The summed E-state index contributed by atoms with van der Waals surface area (Å²) in [6.07, 6.45) is -3.84. The van der Waals surface area contributed by atoms with E-state index in [1.54, 1.807) is 11.3 Å². The molecule has 3 aromatic rings. The van der Waals surface area contributed by atoms with E-state index in [0.29, 0.717) is 0 Å². The van der Waals surface area contributed by atoms with Crippen LogP contribution < -0.4 is 0 Å². The fourth-order valence-electron chi connectivity index (χ4n) is 3.72.